The molecule has 2 aromatic carbocycles. The highest BCUT2D eigenvalue weighted by molar-refractivity contribution is 5.95. The molecular weight excluding hydrogens is 347 g/mol. The Morgan fingerprint density at radius 2 is 1.69 bits per heavy atom. The Morgan fingerprint density at radius 3 is 2.31 bits per heavy atom. The Kier molecular flexibility index (Phi) is 6.38. The number of anilines is 1. The van der Waals surface area contributed by atoms with E-state index in [-0.39, 0.29) is 0 Å². The maximum atomic E-state index is 13.6. The molecule has 2 aromatic rings. The van der Waals surface area contributed by atoms with Crippen molar-refractivity contribution >= 4 is 17.6 Å². The van der Waals surface area contributed by atoms with Crippen LogP contribution in [0, 0.1) is 17.5 Å². The van der Waals surface area contributed by atoms with Crippen molar-refractivity contribution in [2.45, 2.75) is 32.3 Å². The quantitative estimate of drug-likeness (QED) is 0.618. The van der Waals surface area contributed by atoms with E-state index in [1.165, 1.54) is 6.92 Å². The number of amides is 1. The molecule has 0 aliphatic rings. The highest BCUT2D eigenvalue weighted by Gasteiger charge is 2.26. The first-order valence-corrected chi connectivity index (χ1v) is 8.05. The molecule has 7 heteroatoms. The largest absolute Gasteiger partial charge is 0.452 e. The van der Waals surface area contributed by atoms with Gasteiger partial charge in [0.05, 0.1) is 11.6 Å². The SMILES string of the molecule is CC[C@@H](C(=O)O[C@@H](C)C(=O)Nc1ccc(F)c(F)c1F)c1ccccc1. The molecule has 0 saturated carbocycles. The molecule has 1 amide bonds. The van der Waals surface area contributed by atoms with Gasteiger partial charge in [0, 0.05) is 0 Å². The minimum atomic E-state index is -1.69. The van der Waals surface area contributed by atoms with Crippen LogP contribution in [-0.4, -0.2) is 18.0 Å². The molecule has 1 N–H and O–H groups in total. The van der Waals surface area contributed by atoms with Crippen molar-refractivity contribution in [3.05, 3.63) is 65.5 Å². The van der Waals surface area contributed by atoms with Crippen LogP contribution in [0.15, 0.2) is 42.5 Å². The van der Waals surface area contributed by atoms with Crippen LogP contribution in [0.3, 0.4) is 0 Å². The van der Waals surface area contributed by atoms with Crippen molar-refractivity contribution in [3.8, 4) is 0 Å². The van der Waals surface area contributed by atoms with E-state index < -0.39 is 47.0 Å². The van der Waals surface area contributed by atoms with Gasteiger partial charge in [-0.05, 0) is 31.0 Å². The van der Waals surface area contributed by atoms with Crippen molar-refractivity contribution < 1.29 is 27.5 Å². The number of carbonyl (C=O) groups is 2. The van der Waals surface area contributed by atoms with E-state index >= 15 is 0 Å². The lowest BCUT2D eigenvalue weighted by Crippen LogP contribution is -2.32. The van der Waals surface area contributed by atoms with E-state index in [2.05, 4.69) is 5.32 Å². The normalized spacial score (nSPS) is 13.0. The number of rotatable bonds is 6. The predicted octanol–water partition coefficient (Wildman–Crippen LogP) is 4.17. The molecule has 2 rings (SSSR count). The van der Waals surface area contributed by atoms with Gasteiger partial charge in [-0.3, -0.25) is 9.59 Å². The van der Waals surface area contributed by atoms with Crippen molar-refractivity contribution in [1.29, 1.82) is 0 Å². The molecule has 26 heavy (non-hydrogen) atoms. The number of hydrogen-bond donors (Lipinski definition) is 1. The summed E-state index contributed by atoms with van der Waals surface area (Å²) in [6.07, 6.45) is -0.776. The monoisotopic (exact) mass is 365 g/mol. The molecular formula is C19H18F3NO3. The highest BCUT2D eigenvalue weighted by atomic mass is 19.2. The molecule has 0 spiro atoms. The molecule has 0 heterocycles. The van der Waals surface area contributed by atoms with Crippen LogP contribution < -0.4 is 5.32 Å². The Hall–Kier alpha value is -2.83. The van der Waals surface area contributed by atoms with E-state index in [9.17, 15) is 22.8 Å². The third-order valence-corrected chi connectivity index (χ3v) is 3.85. The first kappa shape index (κ1) is 19.5. The van der Waals surface area contributed by atoms with Gasteiger partial charge in [0.1, 0.15) is 0 Å². The number of nitrogens with one attached hydrogen (secondary N) is 1. The number of carbonyl (C=O) groups excluding carboxylic acids is 2. The lowest BCUT2D eigenvalue weighted by atomic mass is 9.97. The van der Waals surface area contributed by atoms with Crippen LogP contribution in [0.25, 0.3) is 0 Å². The molecule has 0 aliphatic heterocycles. The number of halogens is 3. The summed E-state index contributed by atoms with van der Waals surface area (Å²) in [6, 6.07) is 10.5. The van der Waals surface area contributed by atoms with E-state index in [1.54, 1.807) is 31.2 Å². The Bertz CT molecular complexity index is 796. The fourth-order valence-electron chi connectivity index (χ4n) is 2.39. The Labute approximate surface area is 149 Å². The van der Waals surface area contributed by atoms with Crippen molar-refractivity contribution in [1.82, 2.24) is 0 Å². The smallest absolute Gasteiger partial charge is 0.314 e. The number of benzene rings is 2. The second-order valence-electron chi connectivity index (χ2n) is 5.66. The van der Waals surface area contributed by atoms with Crippen LogP contribution in [0.1, 0.15) is 31.7 Å². The molecule has 138 valence electrons. The van der Waals surface area contributed by atoms with Gasteiger partial charge < -0.3 is 10.1 Å². The lowest BCUT2D eigenvalue weighted by molar-refractivity contribution is -0.154. The molecule has 0 aliphatic carbocycles. The van der Waals surface area contributed by atoms with Gasteiger partial charge in [-0.2, -0.15) is 0 Å². The zero-order valence-corrected chi connectivity index (χ0v) is 14.3. The van der Waals surface area contributed by atoms with Crippen LogP contribution in [0.2, 0.25) is 0 Å². The van der Waals surface area contributed by atoms with Gasteiger partial charge in [0.25, 0.3) is 5.91 Å². The summed E-state index contributed by atoms with van der Waals surface area (Å²) in [5, 5.41) is 2.08. The van der Waals surface area contributed by atoms with Gasteiger partial charge in [-0.15, -0.1) is 0 Å². The summed E-state index contributed by atoms with van der Waals surface area (Å²) in [5.74, 6) is -6.59. The van der Waals surface area contributed by atoms with Crippen molar-refractivity contribution in [2.75, 3.05) is 5.32 Å². The summed E-state index contributed by atoms with van der Waals surface area (Å²) in [4.78, 5) is 24.4. The number of esters is 1. The summed E-state index contributed by atoms with van der Waals surface area (Å²) >= 11 is 0. The molecule has 0 fully saturated rings. The molecule has 4 nitrogen and oxygen atoms in total. The molecule has 0 bridgehead atoms. The van der Waals surface area contributed by atoms with Crippen LogP contribution >= 0.6 is 0 Å². The first-order chi connectivity index (χ1) is 12.3. The standard InChI is InChI=1S/C19H18F3NO3/c1-3-13(12-7-5-4-6-8-12)19(25)26-11(2)18(24)23-15-10-9-14(20)16(21)17(15)22/h4-11,13H,3H2,1-2H3,(H,23,24)/t11-,13+/m0/s1. The van der Waals surface area contributed by atoms with Gasteiger partial charge in [-0.25, -0.2) is 13.2 Å². The third-order valence-electron chi connectivity index (χ3n) is 3.85. The minimum absolute atomic E-state index is 0.467. The molecule has 0 aromatic heterocycles. The van der Waals surface area contributed by atoms with Gasteiger partial charge in [-0.1, -0.05) is 37.3 Å². The number of hydrogen-bond acceptors (Lipinski definition) is 3. The zero-order valence-electron chi connectivity index (χ0n) is 14.3. The summed E-state index contributed by atoms with van der Waals surface area (Å²) < 4.78 is 44.9. The minimum Gasteiger partial charge on any atom is -0.452 e. The average molecular weight is 365 g/mol. The van der Waals surface area contributed by atoms with E-state index in [1.807, 2.05) is 6.07 Å². The maximum Gasteiger partial charge on any atom is 0.314 e. The van der Waals surface area contributed by atoms with Gasteiger partial charge in [0.2, 0.25) is 0 Å². The lowest BCUT2D eigenvalue weighted by Gasteiger charge is -2.18. The molecule has 0 saturated heterocycles. The summed E-state index contributed by atoms with van der Waals surface area (Å²) in [7, 11) is 0. The van der Waals surface area contributed by atoms with E-state index in [0.29, 0.717) is 12.5 Å². The second kappa shape index (κ2) is 8.51. The van der Waals surface area contributed by atoms with Gasteiger partial charge in [0.15, 0.2) is 23.6 Å². The molecule has 0 unspecified atom stereocenters. The maximum absolute atomic E-state index is 13.6. The third kappa shape index (κ3) is 4.41. The van der Waals surface area contributed by atoms with E-state index in [4.69, 9.17) is 4.74 Å². The Morgan fingerprint density at radius 1 is 1.04 bits per heavy atom. The van der Waals surface area contributed by atoms with Crippen molar-refractivity contribution in [3.63, 3.8) is 0 Å². The van der Waals surface area contributed by atoms with Crippen LogP contribution in [0.4, 0.5) is 18.9 Å². The van der Waals surface area contributed by atoms with Crippen LogP contribution in [0.5, 0.6) is 0 Å². The topological polar surface area (TPSA) is 55.4 Å². The second-order valence-corrected chi connectivity index (χ2v) is 5.66. The van der Waals surface area contributed by atoms with Crippen molar-refractivity contribution in [2.24, 2.45) is 0 Å². The summed E-state index contributed by atoms with van der Waals surface area (Å²) in [5.41, 5.74) is 0.214. The highest BCUT2D eigenvalue weighted by Crippen LogP contribution is 2.23. The fraction of sp³-hybridized carbons (Fsp3) is 0.263. The average Bonchev–Trinajstić information content (AvgIpc) is 2.63. The summed E-state index contributed by atoms with van der Waals surface area (Å²) in [6.45, 7) is 3.11. The van der Waals surface area contributed by atoms with Crippen LogP contribution in [-0.2, 0) is 14.3 Å². The van der Waals surface area contributed by atoms with E-state index in [0.717, 1.165) is 11.6 Å². The molecule has 2 atom stereocenters. The molecule has 0 radical (unpaired) electrons. The fourth-order valence-corrected chi connectivity index (χ4v) is 2.39. The first-order valence-electron chi connectivity index (χ1n) is 8.05. The zero-order chi connectivity index (χ0) is 19.3. The number of ether oxygens (including phenoxy) is 1. The Balaban J connectivity index is 2.04. The predicted molar refractivity (Wildman–Crippen MR) is 90.0 cm³/mol. The van der Waals surface area contributed by atoms with Gasteiger partial charge >= 0.3 is 5.97 Å².